The van der Waals surface area contributed by atoms with Crippen LogP contribution >= 0.6 is 11.6 Å². The van der Waals surface area contributed by atoms with Crippen LogP contribution in [0.5, 0.6) is 5.75 Å². The molecule has 0 saturated carbocycles. The monoisotopic (exact) mass is 244 g/mol. The second kappa shape index (κ2) is 6.74. The van der Waals surface area contributed by atoms with Gasteiger partial charge in [0.25, 0.3) is 0 Å². The molecule has 1 unspecified atom stereocenters. The Morgan fingerprint density at radius 2 is 2.12 bits per heavy atom. The zero-order valence-electron chi connectivity index (χ0n) is 9.57. The molecule has 1 aromatic rings. The number of methoxy groups -OCH3 is 1. The summed E-state index contributed by atoms with van der Waals surface area (Å²) in [7, 11) is 1.66. The van der Waals surface area contributed by atoms with Gasteiger partial charge in [-0.05, 0) is 25.1 Å². The number of rotatable bonds is 6. The van der Waals surface area contributed by atoms with Gasteiger partial charge in [-0.15, -0.1) is 0 Å². The normalized spacial score (nSPS) is 12.5. The average Bonchev–Trinajstić information content (AvgIpc) is 2.26. The van der Waals surface area contributed by atoms with E-state index in [4.69, 9.17) is 21.1 Å². The van der Waals surface area contributed by atoms with Gasteiger partial charge in [0, 0.05) is 30.7 Å². The molecular weight excluding hydrogens is 228 g/mol. The minimum Gasteiger partial charge on any atom is -0.493 e. The quantitative estimate of drug-likeness (QED) is 0.782. The molecule has 0 amide bonds. The first-order valence-corrected chi connectivity index (χ1v) is 5.62. The Morgan fingerprint density at radius 3 is 2.75 bits per heavy atom. The minimum absolute atomic E-state index is 0.565. The van der Waals surface area contributed by atoms with E-state index in [1.54, 1.807) is 32.2 Å². The van der Waals surface area contributed by atoms with Crippen molar-refractivity contribution in [1.29, 1.82) is 0 Å². The van der Waals surface area contributed by atoms with E-state index in [2.05, 4.69) is 0 Å². The highest BCUT2D eigenvalue weighted by atomic mass is 35.5. The first kappa shape index (κ1) is 13.3. The third kappa shape index (κ3) is 4.00. The fourth-order valence-electron chi connectivity index (χ4n) is 1.36. The molecule has 90 valence electrons. The highest BCUT2D eigenvalue weighted by Gasteiger charge is 2.09. The van der Waals surface area contributed by atoms with Crippen LogP contribution in [-0.2, 0) is 4.74 Å². The van der Waals surface area contributed by atoms with Crippen LogP contribution in [0.4, 0.5) is 0 Å². The summed E-state index contributed by atoms with van der Waals surface area (Å²) >= 11 is 5.86. The third-order valence-electron chi connectivity index (χ3n) is 2.17. The second-order valence-corrected chi connectivity index (χ2v) is 3.99. The molecule has 0 aliphatic carbocycles. The third-order valence-corrected chi connectivity index (χ3v) is 2.41. The fraction of sp³-hybridized carbons (Fsp3) is 0.500. The smallest absolute Gasteiger partial charge is 0.125 e. The predicted octanol–water partition coefficient (Wildman–Crippen LogP) is 2.81. The molecule has 0 aromatic heterocycles. The van der Waals surface area contributed by atoms with Gasteiger partial charge in [0.1, 0.15) is 5.75 Å². The second-order valence-electron chi connectivity index (χ2n) is 3.55. The zero-order valence-corrected chi connectivity index (χ0v) is 10.3. The maximum atomic E-state index is 9.57. The molecule has 0 radical (unpaired) electrons. The van der Waals surface area contributed by atoms with Crippen LogP contribution in [0.1, 0.15) is 25.0 Å². The van der Waals surface area contributed by atoms with E-state index < -0.39 is 6.10 Å². The number of halogens is 1. The Labute approximate surface area is 101 Å². The highest BCUT2D eigenvalue weighted by Crippen LogP contribution is 2.28. The van der Waals surface area contributed by atoms with Crippen LogP contribution in [-0.4, -0.2) is 25.4 Å². The molecule has 1 rings (SSSR count). The average molecular weight is 245 g/mol. The van der Waals surface area contributed by atoms with Gasteiger partial charge in [-0.25, -0.2) is 0 Å². The van der Waals surface area contributed by atoms with Crippen molar-refractivity contribution in [2.45, 2.75) is 19.4 Å². The minimum atomic E-state index is -0.587. The lowest BCUT2D eigenvalue weighted by molar-refractivity contribution is 0.166. The van der Waals surface area contributed by atoms with E-state index in [0.29, 0.717) is 29.5 Å². The van der Waals surface area contributed by atoms with Crippen molar-refractivity contribution in [2.24, 2.45) is 0 Å². The Morgan fingerprint density at radius 1 is 1.38 bits per heavy atom. The Kier molecular flexibility index (Phi) is 5.60. The van der Waals surface area contributed by atoms with Crippen LogP contribution in [0, 0.1) is 0 Å². The van der Waals surface area contributed by atoms with Gasteiger partial charge >= 0.3 is 0 Å². The Balaban J connectivity index is 2.64. The molecule has 0 aliphatic rings. The van der Waals surface area contributed by atoms with Crippen LogP contribution in [0.2, 0.25) is 5.02 Å². The topological polar surface area (TPSA) is 38.7 Å². The molecule has 0 spiro atoms. The predicted molar refractivity (Wildman–Crippen MR) is 64.1 cm³/mol. The molecule has 16 heavy (non-hydrogen) atoms. The number of aliphatic hydroxyl groups excluding tert-OH is 1. The fourth-order valence-corrected chi connectivity index (χ4v) is 1.54. The highest BCUT2D eigenvalue weighted by molar-refractivity contribution is 6.30. The van der Waals surface area contributed by atoms with Crippen molar-refractivity contribution >= 4 is 11.6 Å². The molecule has 3 nitrogen and oxygen atoms in total. The summed E-state index contributed by atoms with van der Waals surface area (Å²) in [5.74, 6) is 0.676. The summed E-state index contributed by atoms with van der Waals surface area (Å²) in [5, 5.41) is 10.2. The van der Waals surface area contributed by atoms with Crippen molar-refractivity contribution in [3.63, 3.8) is 0 Å². The van der Waals surface area contributed by atoms with Crippen molar-refractivity contribution < 1.29 is 14.6 Å². The molecule has 1 atom stereocenters. The van der Waals surface area contributed by atoms with Crippen LogP contribution in [0.25, 0.3) is 0 Å². The molecule has 0 bridgehead atoms. The van der Waals surface area contributed by atoms with Crippen LogP contribution < -0.4 is 4.74 Å². The zero-order chi connectivity index (χ0) is 12.0. The summed E-state index contributed by atoms with van der Waals surface area (Å²) in [6, 6.07) is 5.24. The van der Waals surface area contributed by atoms with E-state index in [0.717, 1.165) is 6.42 Å². The van der Waals surface area contributed by atoms with E-state index in [9.17, 15) is 5.11 Å². The number of hydrogen-bond acceptors (Lipinski definition) is 3. The van der Waals surface area contributed by atoms with Crippen LogP contribution in [0.3, 0.4) is 0 Å². The lowest BCUT2D eigenvalue weighted by Crippen LogP contribution is -2.04. The lowest BCUT2D eigenvalue weighted by Gasteiger charge is -2.13. The molecule has 4 heteroatoms. The molecule has 0 saturated heterocycles. The number of ether oxygens (including phenoxy) is 2. The van der Waals surface area contributed by atoms with Gasteiger partial charge in [-0.2, -0.15) is 0 Å². The van der Waals surface area contributed by atoms with Gasteiger partial charge in [0.2, 0.25) is 0 Å². The summed E-state index contributed by atoms with van der Waals surface area (Å²) in [6.45, 7) is 2.92. The maximum absolute atomic E-state index is 9.57. The molecule has 1 N–H and O–H groups in total. The standard InChI is InChI=1S/C12H17ClO3/c1-9(14)11-8-10(13)4-5-12(11)16-7-3-6-15-2/h4-5,8-9,14H,3,6-7H2,1-2H3. The van der Waals surface area contributed by atoms with Crippen molar-refractivity contribution in [1.82, 2.24) is 0 Å². The first-order chi connectivity index (χ1) is 7.65. The van der Waals surface area contributed by atoms with Crippen LogP contribution in [0.15, 0.2) is 18.2 Å². The van der Waals surface area contributed by atoms with E-state index in [1.165, 1.54) is 0 Å². The van der Waals surface area contributed by atoms with Gasteiger partial charge in [-0.1, -0.05) is 11.6 Å². The van der Waals surface area contributed by atoms with Gasteiger partial charge in [0.15, 0.2) is 0 Å². The molecule has 0 heterocycles. The first-order valence-electron chi connectivity index (χ1n) is 5.24. The molecule has 0 aliphatic heterocycles. The van der Waals surface area contributed by atoms with E-state index >= 15 is 0 Å². The lowest BCUT2D eigenvalue weighted by atomic mass is 10.1. The summed E-state index contributed by atoms with van der Waals surface area (Å²) in [4.78, 5) is 0. The van der Waals surface area contributed by atoms with Crippen molar-refractivity contribution in [2.75, 3.05) is 20.3 Å². The van der Waals surface area contributed by atoms with Crippen molar-refractivity contribution in [3.05, 3.63) is 28.8 Å². The molecule has 0 fully saturated rings. The van der Waals surface area contributed by atoms with Gasteiger partial charge < -0.3 is 14.6 Å². The summed E-state index contributed by atoms with van der Waals surface area (Å²) < 4.78 is 10.5. The SMILES string of the molecule is COCCCOc1ccc(Cl)cc1C(C)O. The number of hydrogen-bond donors (Lipinski definition) is 1. The Bertz CT molecular complexity index is 326. The van der Waals surface area contributed by atoms with E-state index in [-0.39, 0.29) is 0 Å². The maximum Gasteiger partial charge on any atom is 0.125 e. The number of aliphatic hydroxyl groups is 1. The van der Waals surface area contributed by atoms with Gasteiger partial charge in [-0.3, -0.25) is 0 Å². The molecular formula is C12H17ClO3. The number of benzene rings is 1. The van der Waals surface area contributed by atoms with Gasteiger partial charge in [0.05, 0.1) is 12.7 Å². The molecule has 1 aromatic carbocycles. The van der Waals surface area contributed by atoms with Crippen molar-refractivity contribution in [3.8, 4) is 5.75 Å². The summed E-state index contributed by atoms with van der Waals surface area (Å²) in [5.41, 5.74) is 0.713. The van der Waals surface area contributed by atoms with E-state index in [1.807, 2.05) is 0 Å². The largest absolute Gasteiger partial charge is 0.493 e. The summed E-state index contributed by atoms with van der Waals surface area (Å²) in [6.07, 6.45) is 0.231. The Hall–Kier alpha value is -0.770.